The van der Waals surface area contributed by atoms with Crippen molar-refractivity contribution < 1.29 is 9.53 Å². The summed E-state index contributed by atoms with van der Waals surface area (Å²) in [6.45, 7) is 7.43. The van der Waals surface area contributed by atoms with Crippen LogP contribution >= 0.6 is 0 Å². The van der Waals surface area contributed by atoms with Crippen LogP contribution in [0.2, 0.25) is 0 Å². The minimum absolute atomic E-state index is 0.0325. The van der Waals surface area contributed by atoms with Crippen molar-refractivity contribution in [3.8, 4) is 6.07 Å². The van der Waals surface area contributed by atoms with Crippen LogP contribution in [0.15, 0.2) is 36.0 Å². The Labute approximate surface area is 84.0 Å². The van der Waals surface area contributed by atoms with E-state index in [1.165, 1.54) is 6.08 Å². The highest BCUT2D eigenvalue weighted by Crippen LogP contribution is 2.03. The van der Waals surface area contributed by atoms with Crippen molar-refractivity contribution in [2.24, 2.45) is 0 Å². The lowest BCUT2D eigenvalue weighted by Crippen LogP contribution is -2.06. The maximum atomic E-state index is 11.1. The highest BCUT2D eigenvalue weighted by Gasteiger charge is 2.08. The average molecular weight is 191 g/mol. The molecule has 0 aromatic heterocycles. The zero-order valence-corrected chi connectivity index (χ0v) is 8.41. The SMILES string of the molecule is C=C(/C=C\C)/C=C(/C#N)C(=O)OCC. The number of nitriles is 1. The van der Waals surface area contributed by atoms with Crippen molar-refractivity contribution in [3.63, 3.8) is 0 Å². The van der Waals surface area contributed by atoms with Gasteiger partial charge in [-0.25, -0.2) is 4.79 Å². The van der Waals surface area contributed by atoms with E-state index in [0.717, 1.165) is 0 Å². The topological polar surface area (TPSA) is 50.1 Å². The number of nitrogens with zero attached hydrogens (tertiary/aromatic N) is 1. The highest BCUT2D eigenvalue weighted by atomic mass is 16.5. The molecular formula is C11H13NO2. The zero-order valence-electron chi connectivity index (χ0n) is 8.41. The molecule has 0 aliphatic carbocycles. The average Bonchev–Trinajstić information content (AvgIpc) is 2.15. The normalized spacial score (nSPS) is 11.1. The van der Waals surface area contributed by atoms with Gasteiger partial charge in [-0.2, -0.15) is 5.26 Å². The van der Waals surface area contributed by atoms with E-state index in [0.29, 0.717) is 5.57 Å². The lowest BCUT2D eigenvalue weighted by atomic mass is 10.2. The first kappa shape index (κ1) is 12.2. The van der Waals surface area contributed by atoms with Crippen LogP contribution in [-0.2, 0) is 9.53 Å². The Balaban J connectivity index is 4.65. The van der Waals surface area contributed by atoms with Gasteiger partial charge in [0.25, 0.3) is 0 Å². The molecular weight excluding hydrogens is 178 g/mol. The molecule has 0 N–H and O–H groups in total. The van der Waals surface area contributed by atoms with E-state index >= 15 is 0 Å². The van der Waals surface area contributed by atoms with E-state index in [1.807, 2.05) is 6.92 Å². The standard InChI is InChI=1S/C11H13NO2/c1-4-6-9(3)7-10(8-12)11(13)14-5-2/h4,6-7H,3,5H2,1-2H3/b6-4-,10-7-. The molecule has 3 heteroatoms. The van der Waals surface area contributed by atoms with Crippen molar-refractivity contribution in [2.75, 3.05) is 6.61 Å². The zero-order chi connectivity index (χ0) is 11.0. The second kappa shape index (κ2) is 6.67. The van der Waals surface area contributed by atoms with Gasteiger partial charge in [-0.3, -0.25) is 0 Å². The molecule has 0 aliphatic heterocycles. The Kier molecular flexibility index (Phi) is 5.80. The minimum atomic E-state index is -0.611. The van der Waals surface area contributed by atoms with E-state index in [4.69, 9.17) is 5.26 Å². The smallest absolute Gasteiger partial charge is 0.348 e. The fourth-order valence-electron chi connectivity index (χ4n) is 0.793. The molecule has 0 spiro atoms. The first-order chi connectivity index (χ1) is 6.65. The number of carbonyl (C=O) groups excluding carboxylic acids is 1. The largest absolute Gasteiger partial charge is 0.462 e. The summed E-state index contributed by atoms with van der Waals surface area (Å²) in [6.07, 6.45) is 4.88. The fraction of sp³-hybridized carbons (Fsp3) is 0.273. The second-order valence-electron chi connectivity index (χ2n) is 2.47. The third-order valence-corrected chi connectivity index (χ3v) is 1.33. The summed E-state index contributed by atoms with van der Waals surface area (Å²) in [5, 5.41) is 8.66. The fourth-order valence-corrected chi connectivity index (χ4v) is 0.793. The summed E-state index contributed by atoms with van der Waals surface area (Å²) < 4.78 is 4.68. The molecule has 0 fully saturated rings. The van der Waals surface area contributed by atoms with Gasteiger partial charge in [-0.1, -0.05) is 18.7 Å². The van der Waals surface area contributed by atoms with Crippen LogP contribution in [0.5, 0.6) is 0 Å². The Morgan fingerprint density at radius 2 is 2.29 bits per heavy atom. The molecule has 3 nitrogen and oxygen atoms in total. The summed E-state index contributed by atoms with van der Waals surface area (Å²) >= 11 is 0. The van der Waals surface area contributed by atoms with Crippen LogP contribution in [-0.4, -0.2) is 12.6 Å². The van der Waals surface area contributed by atoms with E-state index in [2.05, 4.69) is 11.3 Å². The lowest BCUT2D eigenvalue weighted by molar-refractivity contribution is -0.138. The van der Waals surface area contributed by atoms with Crippen LogP contribution in [0.25, 0.3) is 0 Å². The number of rotatable bonds is 4. The lowest BCUT2D eigenvalue weighted by Gasteiger charge is -1.98. The molecule has 0 unspecified atom stereocenters. The van der Waals surface area contributed by atoms with Crippen LogP contribution < -0.4 is 0 Å². The predicted molar refractivity (Wildman–Crippen MR) is 54.3 cm³/mol. The molecule has 0 aromatic rings. The molecule has 0 atom stereocenters. The van der Waals surface area contributed by atoms with Gasteiger partial charge in [0.15, 0.2) is 0 Å². The Hall–Kier alpha value is -1.82. The molecule has 0 bridgehead atoms. The molecule has 74 valence electrons. The number of hydrogen-bond acceptors (Lipinski definition) is 3. The monoisotopic (exact) mass is 191 g/mol. The third kappa shape index (κ3) is 4.27. The van der Waals surface area contributed by atoms with Gasteiger partial charge in [0.05, 0.1) is 6.61 Å². The van der Waals surface area contributed by atoms with Crippen LogP contribution in [0, 0.1) is 11.3 Å². The molecule has 0 aliphatic rings. The summed E-state index contributed by atoms with van der Waals surface area (Å²) in [5.41, 5.74) is 0.562. The van der Waals surface area contributed by atoms with Crippen molar-refractivity contribution in [1.29, 1.82) is 5.26 Å². The Morgan fingerprint density at radius 3 is 2.71 bits per heavy atom. The van der Waals surface area contributed by atoms with Gasteiger partial charge in [0.1, 0.15) is 11.6 Å². The number of hydrogen-bond donors (Lipinski definition) is 0. The van der Waals surface area contributed by atoms with Gasteiger partial charge >= 0.3 is 5.97 Å². The molecule has 0 radical (unpaired) electrons. The Bertz CT molecular complexity index is 319. The first-order valence-electron chi connectivity index (χ1n) is 4.26. The van der Waals surface area contributed by atoms with E-state index in [1.54, 1.807) is 25.1 Å². The molecule has 0 saturated heterocycles. The number of allylic oxidation sites excluding steroid dienone is 4. The summed E-state index contributed by atoms with van der Waals surface area (Å²) in [5.74, 6) is -0.611. The molecule has 0 amide bonds. The Morgan fingerprint density at radius 1 is 1.64 bits per heavy atom. The van der Waals surface area contributed by atoms with Gasteiger partial charge in [0.2, 0.25) is 0 Å². The molecule has 0 saturated carbocycles. The van der Waals surface area contributed by atoms with E-state index in [9.17, 15) is 4.79 Å². The van der Waals surface area contributed by atoms with Crippen molar-refractivity contribution in [1.82, 2.24) is 0 Å². The van der Waals surface area contributed by atoms with E-state index in [-0.39, 0.29) is 12.2 Å². The molecule has 0 heterocycles. The summed E-state index contributed by atoms with van der Waals surface area (Å²) in [7, 11) is 0. The number of carbonyl (C=O) groups is 1. The molecule has 0 rings (SSSR count). The van der Waals surface area contributed by atoms with Crippen LogP contribution in [0.4, 0.5) is 0 Å². The number of ether oxygens (including phenoxy) is 1. The maximum absolute atomic E-state index is 11.1. The molecule has 0 aromatic carbocycles. The second-order valence-corrected chi connectivity index (χ2v) is 2.47. The first-order valence-corrected chi connectivity index (χ1v) is 4.26. The van der Waals surface area contributed by atoms with Crippen molar-refractivity contribution in [3.05, 3.63) is 36.0 Å². The van der Waals surface area contributed by atoms with Gasteiger partial charge in [-0.15, -0.1) is 0 Å². The predicted octanol–water partition coefficient (Wildman–Crippen LogP) is 2.13. The molecule has 14 heavy (non-hydrogen) atoms. The summed E-state index contributed by atoms with van der Waals surface area (Å²) in [6, 6.07) is 1.77. The third-order valence-electron chi connectivity index (χ3n) is 1.33. The maximum Gasteiger partial charge on any atom is 0.348 e. The highest BCUT2D eigenvalue weighted by molar-refractivity contribution is 5.93. The van der Waals surface area contributed by atoms with Gasteiger partial charge in [-0.05, 0) is 25.5 Å². The minimum Gasteiger partial charge on any atom is -0.462 e. The quantitative estimate of drug-likeness (QED) is 0.296. The van der Waals surface area contributed by atoms with Crippen LogP contribution in [0.3, 0.4) is 0 Å². The van der Waals surface area contributed by atoms with Crippen LogP contribution in [0.1, 0.15) is 13.8 Å². The van der Waals surface area contributed by atoms with E-state index < -0.39 is 5.97 Å². The van der Waals surface area contributed by atoms with Crippen molar-refractivity contribution in [2.45, 2.75) is 13.8 Å². The van der Waals surface area contributed by atoms with Crippen molar-refractivity contribution >= 4 is 5.97 Å². The number of esters is 1. The van der Waals surface area contributed by atoms with Gasteiger partial charge < -0.3 is 4.74 Å². The summed E-state index contributed by atoms with van der Waals surface area (Å²) in [4.78, 5) is 11.1. The van der Waals surface area contributed by atoms with Gasteiger partial charge in [0, 0.05) is 0 Å².